The van der Waals surface area contributed by atoms with Crippen LogP contribution in [0.5, 0.6) is 0 Å². The van der Waals surface area contributed by atoms with Crippen LogP contribution in [0.4, 0.5) is 4.39 Å². The molecule has 0 radical (unpaired) electrons. The highest BCUT2D eigenvalue weighted by atomic mass is 35.5. The Morgan fingerprint density at radius 2 is 1.94 bits per heavy atom. The van der Waals surface area contributed by atoms with Gasteiger partial charge in [-0.15, -0.1) is 0 Å². The maximum absolute atomic E-state index is 12.7. The number of aliphatic hydroxyl groups is 1. The van der Waals surface area contributed by atoms with E-state index in [1.807, 2.05) is 0 Å². The molecule has 1 aromatic carbocycles. The average molecular weight is 252 g/mol. The Morgan fingerprint density at radius 3 is 2.59 bits per heavy atom. The second kappa shape index (κ2) is 5.25. The summed E-state index contributed by atoms with van der Waals surface area (Å²) in [6.45, 7) is 0. The van der Waals surface area contributed by atoms with Crippen molar-refractivity contribution < 1.29 is 9.50 Å². The van der Waals surface area contributed by atoms with Crippen molar-refractivity contribution in [1.29, 1.82) is 0 Å². The van der Waals surface area contributed by atoms with Gasteiger partial charge in [-0.2, -0.15) is 0 Å². The lowest BCUT2D eigenvalue weighted by molar-refractivity contribution is 0.178. The first-order valence-corrected chi connectivity index (χ1v) is 5.57. The molecule has 2 rings (SSSR count). The van der Waals surface area contributed by atoms with Gasteiger partial charge in [0.15, 0.2) is 0 Å². The van der Waals surface area contributed by atoms with Crippen molar-refractivity contribution in [3.8, 4) is 0 Å². The van der Waals surface area contributed by atoms with Gasteiger partial charge in [0.2, 0.25) is 0 Å². The highest BCUT2D eigenvalue weighted by Crippen LogP contribution is 2.20. The van der Waals surface area contributed by atoms with E-state index in [1.54, 1.807) is 30.5 Å². The molecule has 0 amide bonds. The van der Waals surface area contributed by atoms with E-state index < -0.39 is 6.10 Å². The molecule has 0 aliphatic carbocycles. The van der Waals surface area contributed by atoms with Gasteiger partial charge in [-0.05, 0) is 35.4 Å². The fraction of sp³-hybridized carbons (Fsp3) is 0.154. The molecule has 4 heteroatoms. The maximum atomic E-state index is 12.7. The molecule has 88 valence electrons. The molecule has 0 aliphatic rings. The zero-order valence-electron chi connectivity index (χ0n) is 8.98. The average Bonchev–Trinajstić information content (AvgIpc) is 2.32. The van der Waals surface area contributed by atoms with Crippen LogP contribution in [0, 0.1) is 5.82 Å². The Hall–Kier alpha value is -1.45. The largest absolute Gasteiger partial charge is 0.388 e. The summed E-state index contributed by atoms with van der Waals surface area (Å²) < 4.78 is 12.7. The maximum Gasteiger partial charge on any atom is 0.129 e. The fourth-order valence-corrected chi connectivity index (χ4v) is 1.77. The first kappa shape index (κ1) is 12.0. The van der Waals surface area contributed by atoms with Crippen LogP contribution in [0.3, 0.4) is 0 Å². The summed E-state index contributed by atoms with van der Waals surface area (Å²) in [5.74, 6) is -0.282. The number of halogens is 2. The first-order valence-electron chi connectivity index (χ1n) is 5.19. The van der Waals surface area contributed by atoms with Gasteiger partial charge in [-0.1, -0.05) is 23.7 Å². The molecule has 0 fully saturated rings. The number of pyridine rings is 1. The second-order valence-corrected chi connectivity index (χ2v) is 4.15. The predicted octanol–water partition coefficient (Wildman–Crippen LogP) is 3.15. The highest BCUT2D eigenvalue weighted by Gasteiger charge is 2.09. The Bertz CT molecular complexity index is 501. The summed E-state index contributed by atoms with van der Waals surface area (Å²) >= 11 is 5.74. The molecule has 1 heterocycles. The first-order chi connectivity index (χ1) is 8.15. The van der Waals surface area contributed by atoms with Crippen LogP contribution in [0.1, 0.15) is 17.2 Å². The number of hydrogen-bond acceptors (Lipinski definition) is 2. The Morgan fingerprint density at radius 1 is 1.24 bits per heavy atom. The van der Waals surface area contributed by atoms with E-state index in [0.717, 1.165) is 5.56 Å². The minimum atomic E-state index is -0.666. The minimum absolute atomic E-state index is 0.282. The van der Waals surface area contributed by atoms with Crippen LogP contribution >= 0.6 is 11.6 Å². The van der Waals surface area contributed by atoms with E-state index in [1.165, 1.54) is 12.1 Å². The molecule has 1 atom stereocenters. The summed E-state index contributed by atoms with van der Waals surface area (Å²) in [5.41, 5.74) is 1.57. The molecule has 0 aliphatic heterocycles. The molecule has 17 heavy (non-hydrogen) atoms. The van der Waals surface area contributed by atoms with Gasteiger partial charge in [-0.3, -0.25) is 0 Å². The van der Waals surface area contributed by atoms with E-state index in [0.29, 0.717) is 17.1 Å². The van der Waals surface area contributed by atoms with Crippen LogP contribution in [0.15, 0.2) is 42.6 Å². The molecule has 2 aromatic rings. The Labute approximate surface area is 104 Å². The molecule has 2 nitrogen and oxygen atoms in total. The van der Waals surface area contributed by atoms with Crippen LogP contribution in [0.2, 0.25) is 5.15 Å². The van der Waals surface area contributed by atoms with Crippen LogP contribution in [-0.4, -0.2) is 10.1 Å². The molecule has 1 aromatic heterocycles. The van der Waals surface area contributed by atoms with Gasteiger partial charge in [0, 0.05) is 12.6 Å². The van der Waals surface area contributed by atoms with Crippen LogP contribution in [0.25, 0.3) is 0 Å². The monoisotopic (exact) mass is 251 g/mol. The summed E-state index contributed by atoms with van der Waals surface area (Å²) in [6, 6.07) is 9.39. The van der Waals surface area contributed by atoms with E-state index in [2.05, 4.69) is 4.98 Å². The summed E-state index contributed by atoms with van der Waals surface area (Å²) in [4.78, 5) is 3.85. The van der Waals surface area contributed by atoms with Crippen LogP contribution in [-0.2, 0) is 6.42 Å². The van der Waals surface area contributed by atoms with Crippen molar-refractivity contribution in [2.75, 3.05) is 0 Å². The van der Waals surface area contributed by atoms with E-state index in [9.17, 15) is 9.50 Å². The summed E-state index contributed by atoms with van der Waals surface area (Å²) in [6.07, 6.45) is 1.30. The normalized spacial score (nSPS) is 12.4. The molecule has 0 saturated carbocycles. The molecule has 0 spiro atoms. The van der Waals surface area contributed by atoms with E-state index in [-0.39, 0.29) is 5.82 Å². The summed E-state index contributed by atoms with van der Waals surface area (Å²) in [5, 5.41) is 10.3. The molecular formula is C13H11ClFNO. The topological polar surface area (TPSA) is 33.1 Å². The van der Waals surface area contributed by atoms with Gasteiger partial charge in [0.25, 0.3) is 0 Å². The zero-order valence-corrected chi connectivity index (χ0v) is 9.73. The van der Waals surface area contributed by atoms with E-state index in [4.69, 9.17) is 11.6 Å². The van der Waals surface area contributed by atoms with Crippen molar-refractivity contribution in [2.24, 2.45) is 0 Å². The molecule has 0 saturated heterocycles. The zero-order chi connectivity index (χ0) is 12.3. The Kier molecular flexibility index (Phi) is 3.71. The molecule has 1 unspecified atom stereocenters. The van der Waals surface area contributed by atoms with Crippen LogP contribution < -0.4 is 0 Å². The third-order valence-corrected chi connectivity index (χ3v) is 2.68. The standard InChI is InChI=1S/C13H11ClFNO/c14-13-8-10(5-6-16-13)12(17)7-9-1-3-11(15)4-2-9/h1-6,8,12,17H,7H2. The van der Waals surface area contributed by atoms with Crippen molar-refractivity contribution in [3.63, 3.8) is 0 Å². The van der Waals surface area contributed by atoms with Gasteiger partial charge in [0.1, 0.15) is 11.0 Å². The van der Waals surface area contributed by atoms with Gasteiger partial charge < -0.3 is 5.11 Å². The smallest absolute Gasteiger partial charge is 0.129 e. The Balaban J connectivity index is 2.11. The van der Waals surface area contributed by atoms with Crippen molar-refractivity contribution in [2.45, 2.75) is 12.5 Å². The lowest BCUT2D eigenvalue weighted by atomic mass is 10.0. The van der Waals surface area contributed by atoms with E-state index >= 15 is 0 Å². The van der Waals surface area contributed by atoms with Crippen molar-refractivity contribution in [3.05, 3.63) is 64.7 Å². The third kappa shape index (κ3) is 3.25. The number of rotatable bonds is 3. The predicted molar refractivity (Wildman–Crippen MR) is 64.3 cm³/mol. The SMILES string of the molecule is OC(Cc1ccc(F)cc1)c1ccnc(Cl)c1. The molecule has 0 bridgehead atoms. The lowest BCUT2D eigenvalue weighted by Gasteiger charge is -2.11. The number of aromatic nitrogens is 1. The fourth-order valence-electron chi connectivity index (χ4n) is 1.59. The number of hydrogen-bond donors (Lipinski definition) is 1. The second-order valence-electron chi connectivity index (χ2n) is 3.76. The molecule has 1 N–H and O–H groups in total. The van der Waals surface area contributed by atoms with Gasteiger partial charge in [0.05, 0.1) is 6.10 Å². The minimum Gasteiger partial charge on any atom is -0.388 e. The van der Waals surface area contributed by atoms with Crippen molar-refractivity contribution in [1.82, 2.24) is 4.98 Å². The van der Waals surface area contributed by atoms with Crippen molar-refractivity contribution >= 4 is 11.6 Å². The van der Waals surface area contributed by atoms with Gasteiger partial charge in [-0.25, -0.2) is 9.37 Å². The highest BCUT2D eigenvalue weighted by molar-refractivity contribution is 6.29. The molecular weight excluding hydrogens is 241 g/mol. The quantitative estimate of drug-likeness (QED) is 0.850. The lowest BCUT2D eigenvalue weighted by Crippen LogP contribution is -2.02. The third-order valence-electron chi connectivity index (χ3n) is 2.48. The number of benzene rings is 1. The number of aliphatic hydroxyl groups excluding tert-OH is 1. The summed E-state index contributed by atoms with van der Waals surface area (Å²) in [7, 11) is 0. The number of nitrogens with zero attached hydrogens (tertiary/aromatic N) is 1. The van der Waals surface area contributed by atoms with Gasteiger partial charge >= 0.3 is 0 Å².